The average Bonchev–Trinajstić information content (AvgIpc) is 2.89. The molecule has 0 aliphatic rings. The van der Waals surface area contributed by atoms with Crippen molar-refractivity contribution in [3.05, 3.63) is 41.6 Å². The first-order valence-electron chi connectivity index (χ1n) is 5.75. The Labute approximate surface area is 115 Å². The number of imidazole rings is 1. The van der Waals surface area contributed by atoms with Crippen LogP contribution in [0.3, 0.4) is 0 Å². The molecule has 7 heteroatoms. The Kier molecular flexibility index (Phi) is 4.35. The third-order valence-electron chi connectivity index (χ3n) is 2.54. The molecular formula is C12H13ClN4O2. The maximum Gasteiger partial charge on any atom is 0.337 e. The van der Waals surface area contributed by atoms with E-state index in [2.05, 4.69) is 15.3 Å². The van der Waals surface area contributed by atoms with Gasteiger partial charge in [-0.15, -0.1) is 0 Å². The summed E-state index contributed by atoms with van der Waals surface area (Å²) in [5.41, 5.74) is 0.0498. The number of halogens is 1. The largest absolute Gasteiger partial charge is 0.478 e. The maximum atomic E-state index is 10.9. The van der Waals surface area contributed by atoms with Crippen molar-refractivity contribution in [2.75, 3.05) is 11.9 Å². The molecule has 0 saturated carbocycles. The van der Waals surface area contributed by atoms with Crippen LogP contribution in [0.5, 0.6) is 0 Å². The molecule has 2 aromatic heterocycles. The Bertz CT molecular complexity index is 557. The standard InChI is InChI=1S/C12H13ClN4O2/c13-10-7-16-11(6-9(10)12(18)19)15-2-1-4-17-5-3-14-8-17/h3,5-8H,1-2,4H2,(H,15,16)(H,18,19). The van der Waals surface area contributed by atoms with Crippen molar-refractivity contribution in [2.45, 2.75) is 13.0 Å². The van der Waals surface area contributed by atoms with Crippen LogP contribution in [0.1, 0.15) is 16.8 Å². The molecule has 2 N–H and O–H groups in total. The van der Waals surface area contributed by atoms with Gasteiger partial charge < -0.3 is 15.0 Å². The van der Waals surface area contributed by atoms with E-state index in [1.165, 1.54) is 12.3 Å². The van der Waals surface area contributed by atoms with E-state index in [9.17, 15) is 4.79 Å². The molecule has 2 aromatic rings. The van der Waals surface area contributed by atoms with Gasteiger partial charge in [0.05, 0.1) is 16.9 Å². The number of aromatic carboxylic acids is 1. The number of nitrogens with one attached hydrogen (secondary N) is 1. The zero-order valence-corrected chi connectivity index (χ0v) is 10.8. The van der Waals surface area contributed by atoms with Crippen molar-refractivity contribution in [3.8, 4) is 0 Å². The highest BCUT2D eigenvalue weighted by atomic mass is 35.5. The highest BCUT2D eigenvalue weighted by Crippen LogP contribution is 2.17. The zero-order valence-electron chi connectivity index (χ0n) is 10.1. The van der Waals surface area contributed by atoms with E-state index < -0.39 is 5.97 Å². The minimum absolute atomic E-state index is 0.0498. The summed E-state index contributed by atoms with van der Waals surface area (Å²) >= 11 is 5.74. The summed E-state index contributed by atoms with van der Waals surface area (Å²) in [6.45, 7) is 1.53. The van der Waals surface area contributed by atoms with E-state index in [1.54, 1.807) is 12.5 Å². The summed E-state index contributed by atoms with van der Waals surface area (Å²) in [5, 5.41) is 12.1. The Balaban J connectivity index is 1.86. The summed E-state index contributed by atoms with van der Waals surface area (Å²) < 4.78 is 1.97. The van der Waals surface area contributed by atoms with E-state index >= 15 is 0 Å². The number of aryl methyl sites for hydroxylation is 1. The fourth-order valence-electron chi connectivity index (χ4n) is 1.60. The van der Waals surface area contributed by atoms with Gasteiger partial charge in [0.2, 0.25) is 0 Å². The van der Waals surface area contributed by atoms with Gasteiger partial charge in [-0.2, -0.15) is 0 Å². The lowest BCUT2D eigenvalue weighted by Gasteiger charge is -2.07. The first-order chi connectivity index (χ1) is 9.16. The molecular weight excluding hydrogens is 268 g/mol. The van der Waals surface area contributed by atoms with Gasteiger partial charge >= 0.3 is 5.97 Å². The van der Waals surface area contributed by atoms with Crippen LogP contribution in [-0.4, -0.2) is 32.2 Å². The highest BCUT2D eigenvalue weighted by Gasteiger charge is 2.09. The van der Waals surface area contributed by atoms with Crippen LogP contribution in [0.15, 0.2) is 31.0 Å². The molecule has 0 unspecified atom stereocenters. The predicted octanol–water partition coefficient (Wildman–Crippen LogP) is 2.13. The molecule has 0 aliphatic heterocycles. The topological polar surface area (TPSA) is 80.0 Å². The molecule has 0 spiro atoms. The predicted molar refractivity (Wildman–Crippen MR) is 71.5 cm³/mol. The number of anilines is 1. The van der Waals surface area contributed by atoms with Crippen LogP contribution in [0, 0.1) is 0 Å². The maximum absolute atomic E-state index is 10.9. The van der Waals surface area contributed by atoms with Crippen molar-refractivity contribution >= 4 is 23.4 Å². The number of aromatic nitrogens is 3. The van der Waals surface area contributed by atoms with Crippen molar-refractivity contribution in [1.82, 2.24) is 14.5 Å². The number of hydrogen-bond acceptors (Lipinski definition) is 4. The van der Waals surface area contributed by atoms with Crippen LogP contribution < -0.4 is 5.32 Å². The molecule has 6 nitrogen and oxygen atoms in total. The van der Waals surface area contributed by atoms with Gasteiger partial charge in [-0.3, -0.25) is 0 Å². The molecule has 2 rings (SSSR count). The molecule has 0 aliphatic carbocycles. The molecule has 0 bridgehead atoms. The van der Waals surface area contributed by atoms with Crippen molar-refractivity contribution in [3.63, 3.8) is 0 Å². The van der Waals surface area contributed by atoms with Crippen LogP contribution in [-0.2, 0) is 6.54 Å². The first-order valence-corrected chi connectivity index (χ1v) is 6.13. The third kappa shape index (κ3) is 3.69. The van der Waals surface area contributed by atoms with Gasteiger partial charge in [0.15, 0.2) is 0 Å². The number of hydrogen-bond donors (Lipinski definition) is 2. The van der Waals surface area contributed by atoms with Crippen molar-refractivity contribution < 1.29 is 9.90 Å². The summed E-state index contributed by atoms with van der Waals surface area (Å²) in [4.78, 5) is 18.9. The highest BCUT2D eigenvalue weighted by molar-refractivity contribution is 6.33. The zero-order chi connectivity index (χ0) is 13.7. The summed E-state index contributed by atoms with van der Waals surface area (Å²) in [5.74, 6) is -0.554. The van der Waals surface area contributed by atoms with E-state index in [0.29, 0.717) is 12.4 Å². The van der Waals surface area contributed by atoms with Crippen LogP contribution in [0.4, 0.5) is 5.82 Å². The van der Waals surface area contributed by atoms with Crippen LogP contribution >= 0.6 is 11.6 Å². The lowest BCUT2D eigenvalue weighted by atomic mass is 10.2. The molecule has 19 heavy (non-hydrogen) atoms. The van der Waals surface area contributed by atoms with Gasteiger partial charge in [-0.1, -0.05) is 11.6 Å². The lowest BCUT2D eigenvalue weighted by Crippen LogP contribution is -2.08. The van der Waals surface area contributed by atoms with Crippen molar-refractivity contribution in [2.24, 2.45) is 0 Å². The molecule has 100 valence electrons. The second-order valence-electron chi connectivity index (χ2n) is 3.94. The third-order valence-corrected chi connectivity index (χ3v) is 2.85. The van der Waals surface area contributed by atoms with E-state index in [4.69, 9.17) is 16.7 Å². The number of pyridine rings is 1. The van der Waals surface area contributed by atoms with Crippen molar-refractivity contribution in [1.29, 1.82) is 0 Å². The fourth-order valence-corrected chi connectivity index (χ4v) is 1.78. The van der Waals surface area contributed by atoms with Gasteiger partial charge in [0, 0.05) is 31.7 Å². The molecule has 0 atom stereocenters. The van der Waals surface area contributed by atoms with Gasteiger partial charge in [0.25, 0.3) is 0 Å². The normalized spacial score (nSPS) is 10.4. The van der Waals surface area contributed by atoms with Gasteiger partial charge in [-0.05, 0) is 12.5 Å². The quantitative estimate of drug-likeness (QED) is 0.793. The number of carboxylic acid groups (broad SMARTS) is 1. The number of carboxylic acids is 1. The molecule has 0 aromatic carbocycles. The summed E-state index contributed by atoms with van der Waals surface area (Å²) in [6, 6.07) is 1.43. The molecule has 2 heterocycles. The molecule has 0 radical (unpaired) electrons. The smallest absolute Gasteiger partial charge is 0.337 e. The summed E-state index contributed by atoms with van der Waals surface area (Å²) in [7, 11) is 0. The van der Waals surface area contributed by atoms with E-state index in [1.807, 2.05) is 10.8 Å². The fraction of sp³-hybridized carbons (Fsp3) is 0.250. The Hall–Kier alpha value is -2.08. The van der Waals surface area contributed by atoms with Gasteiger partial charge in [-0.25, -0.2) is 14.8 Å². The monoisotopic (exact) mass is 280 g/mol. The van der Waals surface area contributed by atoms with Crippen LogP contribution in [0.2, 0.25) is 5.02 Å². The van der Waals surface area contributed by atoms with E-state index in [-0.39, 0.29) is 10.6 Å². The summed E-state index contributed by atoms with van der Waals surface area (Å²) in [6.07, 6.45) is 7.59. The minimum atomic E-state index is -1.06. The second-order valence-corrected chi connectivity index (χ2v) is 4.34. The number of carbonyl (C=O) groups is 1. The second kappa shape index (κ2) is 6.19. The number of rotatable bonds is 6. The molecule has 0 saturated heterocycles. The Morgan fingerprint density at radius 3 is 3.05 bits per heavy atom. The van der Waals surface area contributed by atoms with Gasteiger partial charge in [0.1, 0.15) is 5.82 Å². The number of nitrogens with zero attached hydrogens (tertiary/aromatic N) is 3. The SMILES string of the molecule is O=C(O)c1cc(NCCCn2ccnc2)ncc1Cl. The first kappa shape index (κ1) is 13.4. The lowest BCUT2D eigenvalue weighted by molar-refractivity contribution is 0.0697. The Morgan fingerprint density at radius 1 is 1.53 bits per heavy atom. The van der Waals surface area contributed by atoms with Crippen LogP contribution in [0.25, 0.3) is 0 Å². The molecule has 0 amide bonds. The van der Waals surface area contributed by atoms with E-state index in [0.717, 1.165) is 13.0 Å². The Morgan fingerprint density at radius 2 is 2.37 bits per heavy atom. The average molecular weight is 281 g/mol. The minimum Gasteiger partial charge on any atom is -0.478 e. The molecule has 0 fully saturated rings.